The summed E-state index contributed by atoms with van der Waals surface area (Å²) in [5.41, 5.74) is 2.16. The number of aromatic nitrogens is 2. The number of ether oxygens (including phenoxy) is 2. The molecule has 2 N–H and O–H groups in total. The van der Waals surface area contributed by atoms with Crippen LogP contribution in [0.2, 0.25) is 0 Å². The molecule has 4 rings (SSSR count). The molecule has 36 heavy (non-hydrogen) atoms. The highest BCUT2D eigenvalue weighted by atomic mass is 79.9. The standard InChI is InChI=1S/C28H31BrN4O3/c1-2-15-35-27-26(29)18-30-28(32-27)31-23-9-6-10-25(17-23)36-20-24(34)19-33-13-11-22(12-14-33)16-21-7-4-3-5-8-21/h1,3-10,17-18,22,24,34H,11-16,19-20H2,(H,30,31,32). The summed E-state index contributed by atoms with van der Waals surface area (Å²) in [5.74, 6) is 4.52. The predicted octanol–water partition coefficient (Wildman–Crippen LogP) is 4.69. The van der Waals surface area contributed by atoms with Crippen molar-refractivity contribution in [2.45, 2.75) is 25.4 Å². The predicted molar refractivity (Wildman–Crippen MR) is 145 cm³/mol. The SMILES string of the molecule is C#CCOc1nc(Nc2cccc(OCC(O)CN3CCC(Cc4ccccc4)CC3)c2)ncc1Br. The highest BCUT2D eigenvalue weighted by Gasteiger charge is 2.21. The van der Waals surface area contributed by atoms with E-state index in [-0.39, 0.29) is 13.2 Å². The molecule has 2 heterocycles. The lowest BCUT2D eigenvalue weighted by atomic mass is 9.90. The first-order valence-corrected chi connectivity index (χ1v) is 12.9. The fourth-order valence-corrected chi connectivity index (χ4v) is 4.58. The number of terminal acetylenes is 1. The number of rotatable bonds is 11. The average Bonchev–Trinajstić information content (AvgIpc) is 2.90. The molecule has 1 unspecified atom stereocenters. The Morgan fingerprint density at radius 2 is 1.94 bits per heavy atom. The summed E-state index contributed by atoms with van der Waals surface area (Å²) in [6.45, 7) is 2.98. The maximum Gasteiger partial charge on any atom is 0.233 e. The molecule has 1 saturated heterocycles. The highest BCUT2D eigenvalue weighted by Crippen LogP contribution is 2.26. The Morgan fingerprint density at radius 3 is 2.72 bits per heavy atom. The van der Waals surface area contributed by atoms with Crippen LogP contribution in [0.5, 0.6) is 11.6 Å². The number of likely N-dealkylation sites (tertiary alicyclic amines) is 1. The summed E-state index contributed by atoms with van der Waals surface area (Å²) in [6.07, 6.45) is 9.74. The molecule has 1 fully saturated rings. The smallest absolute Gasteiger partial charge is 0.233 e. The molecule has 0 aliphatic carbocycles. The Balaban J connectivity index is 1.22. The third-order valence-electron chi connectivity index (χ3n) is 6.08. The van der Waals surface area contributed by atoms with Gasteiger partial charge in [-0.25, -0.2) is 4.98 Å². The fourth-order valence-electron chi connectivity index (χ4n) is 4.28. The average molecular weight is 551 g/mol. The van der Waals surface area contributed by atoms with Crippen molar-refractivity contribution in [3.8, 4) is 24.0 Å². The number of nitrogens with one attached hydrogen (secondary N) is 1. The van der Waals surface area contributed by atoms with E-state index in [4.69, 9.17) is 15.9 Å². The van der Waals surface area contributed by atoms with E-state index in [1.165, 1.54) is 5.56 Å². The molecular weight excluding hydrogens is 520 g/mol. The second-order valence-corrected chi connectivity index (χ2v) is 9.75. The molecule has 0 spiro atoms. The zero-order chi connectivity index (χ0) is 25.2. The number of halogens is 1. The molecule has 3 aromatic rings. The van der Waals surface area contributed by atoms with Gasteiger partial charge in [-0.3, -0.25) is 0 Å². The van der Waals surface area contributed by atoms with Crippen LogP contribution < -0.4 is 14.8 Å². The van der Waals surface area contributed by atoms with Crippen LogP contribution in [0, 0.1) is 18.3 Å². The van der Waals surface area contributed by atoms with Crippen LogP contribution in [0.15, 0.2) is 65.3 Å². The first kappa shape index (κ1) is 26.0. The fraction of sp³-hybridized carbons (Fsp3) is 0.357. The first-order chi connectivity index (χ1) is 17.6. The molecular formula is C28H31BrN4O3. The molecule has 0 radical (unpaired) electrons. The largest absolute Gasteiger partial charge is 0.491 e. The number of benzene rings is 2. The van der Waals surface area contributed by atoms with Gasteiger partial charge in [0.15, 0.2) is 6.61 Å². The van der Waals surface area contributed by atoms with E-state index in [0.29, 0.717) is 34.5 Å². The van der Waals surface area contributed by atoms with E-state index in [0.717, 1.165) is 38.0 Å². The van der Waals surface area contributed by atoms with Gasteiger partial charge in [0.2, 0.25) is 11.8 Å². The molecule has 1 aliphatic rings. The Morgan fingerprint density at radius 1 is 1.14 bits per heavy atom. The van der Waals surface area contributed by atoms with Crippen LogP contribution in [0.1, 0.15) is 18.4 Å². The van der Waals surface area contributed by atoms with Gasteiger partial charge in [0.05, 0.1) is 10.7 Å². The zero-order valence-electron chi connectivity index (χ0n) is 20.1. The van der Waals surface area contributed by atoms with E-state index in [1.54, 1.807) is 6.20 Å². The quantitative estimate of drug-likeness (QED) is 0.335. The number of aliphatic hydroxyl groups excluding tert-OH is 1. The summed E-state index contributed by atoms with van der Waals surface area (Å²) in [7, 11) is 0. The number of nitrogens with zero attached hydrogens (tertiary/aromatic N) is 3. The van der Waals surface area contributed by atoms with Gasteiger partial charge in [-0.1, -0.05) is 42.3 Å². The minimum Gasteiger partial charge on any atom is -0.491 e. The molecule has 0 amide bonds. The highest BCUT2D eigenvalue weighted by molar-refractivity contribution is 9.10. The molecule has 1 atom stereocenters. The van der Waals surface area contributed by atoms with Gasteiger partial charge in [0, 0.05) is 18.3 Å². The van der Waals surface area contributed by atoms with Crippen LogP contribution in [-0.2, 0) is 6.42 Å². The summed E-state index contributed by atoms with van der Waals surface area (Å²) >= 11 is 3.35. The van der Waals surface area contributed by atoms with Gasteiger partial charge in [-0.15, -0.1) is 6.42 Å². The van der Waals surface area contributed by atoms with Crippen molar-refractivity contribution in [3.63, 3.8) is 0 Å². The minimum absolute atomic E-state index is 0.117. The van der Waals surface area contributed by atoms with Crippen LogP contribution in [-0.4, -0.2) is 58.9 Å². The van der Waals surface area contributed by atoms with Crippen molar-refractivity contribution in [1.29, 1.82) is 0 Å². The van der Waals surface area contributed by atoms with Crippen molar-refractivity contribution in [1.82, 2.24) is 14.9 Å². The second-order valence-electron chi connectivity index (χ2n) is 8.89. The van der Waals surface area contributed by atoms with Crippen molar-refractivity contribution < 1.29 is 14.6 Å². The number of anilines is 2. The number of hydrogen-bond acceptors (Lipinski definition) is 7. The summed E-state index contributed by atoms with van der Waals surface area (Å²) in [6, 6.07) is 18.1. The second kappa shape index (κ2) is 13.3. The lowest BCUT2D eigenvalue weighted by Crippen LogP contribution is -2.41. The van der Waals surface area contributed by atoms with E-state index in [2.05, 4.69) is 72.4 Å². The molecule has 1 aliphatic heterocycles. The third kappa shape index (κ3) is 7.95. The molecule has 1 aromatic heterocycles. The maximum absolute atomic E-state index is 10.6. The van der Waals surface area contributed by atoms with Crippen molar-refractivity contribution in [2.24, 2.45) is 5.92 Å². The topological polar surface area (TPSA) is 79.7 Å². The first-order valence-electron chi connectivity index (χ1n) is 12.1. The van der Waals surface area contributed by atoms with Crippen LogP contribution >= 0.6 is 15.9 Å². The van der Waals surface area contributed by atoms with Crippen LogP contribution in [0.3, 0.4) is 0 Å². The monoisotopic (exact) mass is 550 g/mol. The van der Waals surface area contributed by atoms with E-state index in [9.17, 15) is 5.11 Å². The zero-order valence-corrected chi connectivity index (χ0v) is 21.7. The van der Waals surface area contributed by atoms with E-state index >= 15 is 0 Å². The molecule has 8 heteroatoms. The molecule has 7 nitrogen and oxygen atoms in total. The lowest BCUT2D eigenvalue weighted by molar-refractivity contribution is 0.0551. The number of hydrogen-bond donors (Lipinski definition) is 2. The Kier molecular flexibility index (Phi) is 9.56. The molecule has 188 valence electrons. The van der Waals surface area contributed by atoms with Gasteiger partial charge in [0.1, 0.15) is 18.5 Å². The van der Waals surface area contributed by atoms with Crippen molar-refractivity contribution >= 4 is 27.6 Å². The van der Waals surface area contributed by atoms with Gasteiger partial charge in [-0.05, 0) is 71.9 Å². The summed E-state index contributed by atoms with van der Waals surface area (Å²) in [5, 5.41) is 13.7. The van der Waals surface area contributed by atoms with E-state index in [1.807, 2.05) is 24.3 Å². The van der Waals surface area contributed by atoms with Gasteiger partial charge in [0.25, 0.3) is 0 Å². The number of piperidine rings is 1. The number of aliphatic hydroxyl groups is 1. The van der Waals surface area contributed by atoms with Crippen molar-refractivity contribution in [3.05, 3.63) is 70.8 Å². The third-order valence-corrected chi connectivity index (χ3v) is 6.62. The maximum atomic E-state index is 10.6. The Hall–Kier alpha value is -3.12. The lowest BCUT2D eigenvalue weighted by Gasteiger charge is -2.33. The molecule has 0 saturated carbocycles. The summed E-state index contributed by atoms with van der Waals surface area (Å²) < 4.78 is 11.9. The van der Waals surface area contributed by atoms with Crippen molar-refractivity contribution in [2.75, 3.05) is 38.2 Å². The number of β-amino-alcohol motifs (C(OH)–C–C–N with tert-alkyl or cyclic N) is 1. The molecule has 0 bridgehead atoms. The van der Waals surface area contributed by atoms with Gasteiger partial charge in [-0.2, -0.15) is 4.98 Å². The van der Waals surface area contributed by atoms with Crippen LogP contribution in [0.25, 0.3) is 0 Å². The molecule has 2 aromatic carbocycles. The normalized spacial score (nSPS) is 15.1. The Bertz CT molecular complexity index is 1150. The van der Waals surface area contributed by atoms with E-state index < -0.39 is 6.10 Å². The van der Waals surface area contributed by atoms with Gasteiger partial charge >= 0.3 is 0 Å². The Labute approximate surface area is 221 Å². The summed E-state index contributed by atoms with van der Waals surface area (Å²) in [4.78, 5) is 10.9. The minimum atomic E-state index is -0.557. The van der Waals surface area contributed by atoms with Crippen LogP contribution in [0.4, 0.5) is 11.6 Å². The van der Waals surface area contributed by atoms with Gasteiger partial charge < -0.3 is 24.8 Å².